The molecule has 8 heteroatoms. The fraction of sp³-hybridized carbons (Fsp3) is 0.250. The number of pyridine rings is 1. The number of nitrogens with zero attached hydrogens (tertiary/aromatic N) is 2. The van der Waals surface area contributed by atoms with Gasteiger partial charge in [-0.25, -0.2) is 5.32 Å². The molecule has 126 valence electrons. The van der Waals surface area contributed by atoms with Gasteiger partial charge in [-0.15, -0.1) is 3.98 Å². The third-order valence-electron chi connectivity index (χ3n) is 3.94. The highest BCUT2D eigenvalue weighted by atomic mass is 32.2. The van der Waals surface area contributed by atoms with Crippen molar-refractivity contribution in [2.75, 3.05) is 13.3 Å². The first-order valence-electron chi connectivity index (χ1n) is 7.65. The molecular formula is C16H21N5O2S+2. The fourth-order valence-corrected chi connectivity index (χ4v) is 4.02. The second-order valence-electron chi connectivity index (χ2n) is 5.85. The first-order valence-corrected chi connectivity index (χ1v) is 9.09. The van der Waals surface area contributed by atoms with E-state index in [9.17, 15) is 8.42 Å². The van der Waals surface area contributed by atoms with E-state index in [2.05, 4.69) is 10.3 Å². The van der Waals surface area contributed by atoms with Crippen molar-refractivity contribution in [2.24, 2.45) is 5.73 Å². The molecule has 0 bridgehead atoms. The van der Waals surface area contributed by atoms with E-state index in [1.165, 1.54) is 3.98 Å². The molecule has 0 saturated heterocycles. The topological polar surface area (TPSA) is 92.5 Å². The van der Waals surface area contributed by atoms with Crippen LogP contribution in [0.2, 0.25) is 0 Å². The van der Waals surface area contributed by atoms with Crippen LogP contribution in [0, 0.1) is 6.92 Å². The van der Waals surface area contributed by atoms with Crippen molar-refractivity contribution in [2.45, 2.75) is 18.4 Å². The summed E-state index contributed by atoms with van der Waals surface area (Å²) in [6, 6.07) is 10.6. The molecule has 1 aliphatic heterocycles. The van der Waals surface area contributed by atoms with Crippen LogP contribution in [0.15, 0.2) is 53.7 Å². The summed E-state index contributed by atoms with van der Waals surface area (Å²) in [5.41, 5.74) is 7.96. The van der Waals surface area contributed by atoms with E-state index in [1.807, 2.05) is 19.1 Å². The van der Waals surface area contributed by atoms with E-state index in [4.69, 9.17) is 5.73 Å². The van der Waals surface area contributed by atoms with Crippen LogP contribution in [0.3, 0.4) is 0 Å². The van der Waals surface area contributed by atoms with E-state index in [-0.39, 0.29) is 17.5 Å². The van der Waals surface area contributed by atoms with Crippen LogP contribution >= 0.6 is 0 Å². The lowest BCUT2D eigenvalue weighted by Crippen LogP contribution is -3.15. The molecule has 0 radical (unpaired) electrons. The summed E-state index contributed by atoms with van der Waals surface area (Å²) in [5.74, 6) is 0.158. The Labute approximate surface area is 141 Å². The van der Waals surface area contributed by atoms with Crippen molar-refractivity contribution in [1.82, 2.24) is 10.3 Å². The monoisotopic (exact) mass is 347 g/mol. The van der Waals surface area contributed by atoms with E-state index < -0.39 is 10.0 Å². The Balaban J connectivity index is 1.84. The number of sulfonamides is 1. The van der Waals surface area contributed by atoms with E-state index >= 15 is 0 Å². The smallest absolute Gasteiger partial charge is 0.289 e. The predicted molar refractivity (Wildman–Crippen MR) is 89.6 cm³/mol. The Hall–Kier alpha value is -2.45. The van der Waals surface area contributed by atoms with Crippen LogP contribution in [0.5, 0.6) is 0 Å². The van der Waals surface area contributed by atoms with Crippen molar-refractivity contribution in [1.29, 1.82) is 0 Å². The molecule has 1 aliphatic rings. The zero-order chi connectivity index (χ0) is 17.2. The second-order valence-corrected chi connectivity index (χ2v) is 7.71. The lowest BCUT2D eigenvalue weighted by atomic mass is 10.2. The number of nitrogens with one attached hydrogen (secondary N) is 2. The molecule has 3 rings (SSSR count). The first-order chi connectivity index (χ1) is 11.5. The Morgan fingerprint density at radius 1 is 1.29 bits per heavy atom. The van der Waals surface area contributed by atoms with E-state index in [1.54, 1.807) is 36.7 Å². The van der Waals surface area contributed by atoms with Gasteiger partial charge in [0.25, 0.3) is 0 Å². The van der Waals surface area contributed by atoms with Gasteiger partial charge in [-0.3, -0.25) is 15.6 Å². The molecule has 1 aromatic heterocycles. The number of nitrogens with two attached hydrogens (primary N) is 1. The molecule has 1 unspecified atom stereocenters. The van der Waals surface area contributed by atoms with Gasteiger partial charge in [-0.2, -0.15) is 8.42 Å². The van der Waals surface area contributed by atoms with Crippen molar-refractivity contribution >= 4 is 16.0 Å². The highest BCUT2D eigenvalue weighted by Gasteiger charge is 2.33. The van der Waals surface area contributed by atoms with Gasteiger partial charge in [0, 0.05) is 18.0 Å². The zero-order valence-electron chi connectivity index (χ0n) is 13.4. The van der Waals surface area contributed by atoms with Crippen LogP contribution < -0.4 is 16.0 Å². The Bertz CT molecular complexity index is 848. The summed E-state index contributed by atoms with van der Waals surface area (Å²) >= 11 is 0. The first kappa shape index (κ1) is 16.4. The molecule has 4 N–H and O–H groups in total. The highest BCUT2D eigenvalue weighted by molar-refractivity contribution is 7.85. The van der Waals surface area contributed by atoms with Gasteiger partial charge in [0.1, 0.15) is 11.4 Å². The normalized spacial score (nSPS) is 18.3. The van der Waals surface area contributed by atoms with Gasteiger partial charge in [-0.05, 0) is 25.1 Å². The van der Waals surface area contributed by atoms with Gasteiger partial charge in [0.05, 0.1) is 0 Å². The van der Waals surface area contributed by atoms with Crippen LogP contribution in [0.4, 0.5) is 0 Å². The third-order valence-corrected chi connectivity index (χ3v) is 5.72. The Morgan fingerprint density at radius 2 is 2.04 bits per heavy atom. The Morgan fingerprint density at radius 3 is 2.71 bits per heavy atom. The lowest BCUT2D eigenvalue weighted by molar-refractivity contribution is -0.977. The molecule has 0 saturated carbocycles. The lowest BCUT2D eigenvalue weighted by Gasteiger charge is -2.24. The van der Waals surface area contributed by atoms with Gasteiger partial charge in [0.2, 0.25) is 6.67 Å². The van der Waals surface area contributed by atoms with Crippen LogP contribution in [0.25, 0.3) is 0 Å². The maximum Gasteiger partial charge on any atom is 0.367 e. The minimum absolute atomic E-state index is 0.158. The van der Waals surface area contributed by atoms with Gasteiger partial charge in [-0.1, -0.05) is 23.8 Å². The van der Waals surface area contributed by atoms with Crippen LogP contribution in [-0.4, -0.2) is 36.7 Å². The summed E-state index contributed by atoms with van der Waals surface area (Å²) in [6.07, 6.45) is 3.50. The molecule has 1 atom stereocenters. The maximum atomic E-state index is 12.9. The zero-order valence-corrected chi connectivity index (χ0v) is 14.3. The number of rotatable bonds is 4. The number of quaternary nitrogens is 1. The number of hydrogen-bond acceptors (Lipinski definition) is 5. The standard InChI is InChI=1S/C16H19N5O2S/c1-13-4-6-15(7-5-13)24(22,23)21-12-20(11-19-16(21)17)10-14-3-2-8-18-9-14/h2-9H,10-12H2,1H3,(H2,17,19)/p+2. The summed E-state index contributed by atoms with van der Waals surface area (Å²) < 4.78 is 27.0. The fourth-order valence-electron chi connectivity index (χ4n) is 2.61. The van der Waals surface area contributed by atoms with Crippen molar-refractivity contribution in [3.05, 3.63) is 59.9 Å². The number of guanidine groups is 1. The molecule has 1 aromatic carbocycles. The minimum Gasteiger partial charge on any atom is -0.289 e. The van der Waals surface area contributed by atoms with Crippen molar-refractivity contribution in [3.8, 4) is 0 Å². The SMILES string of the molecule is Cc1ccc(S(=O)(=O)[N+]2=C(N)NC[NH+](Cc3cccnc3)C2)cc1. The molecule has 0 fully saturated rings. The van der Waals surface area contributed by atoms with E-state index in [0.29, 0.717) is 13.2 Å². The average molecular weight is 347 g/mol. The van der Waals surface area contributed by atoms with Crippen LogP contribution in [-0.2, 0) is 16.6 Å². The molecule has 0 aliphatic carbocycles. The second kappa shape index (κ2) is 6.58. The van der Waals surface area contributed by atoms with Gasteiger partial charge >= 0.3 is 16.0 Å². The summed E-state index contributed by atoms with van der Waals surface area (Å²) in [4.78, 5) is 5.36. The van der Waals surface area contributed by atoms with Crippen LogP contribution in [0.1, 0.15) is 11.1 Å². The van der Waals surface area contributed by atoms with Crippen molar-refractivity contribution < 1.29 is 17.3 Å². The average Bonchev–Trinajstić information content (AvgIpc) is 2.58. The predicted octanol–water partition coefficient (Wildman–Crippen LogP) is -0.991. The van der Waals surface area contributed by atoms with E-state index in [0.717, 1.165) is 16.0 Å². The Kier molecular flexibility index (Phi) is 4.50. The minimum atomic E-state index is -3.68. The number of aryl methyl sites for hydroxylation is 1. The number of benzene rings is 1. The number of aromatic nitrogens is 1. The molecule has 0 amide bonds. The summed E-state index contributed by atoms with van der Waals surface area (Å²) in [7, 11) is -3.68. The highest BCUT2D eigenvalue weighted by Crippen LogP contribution is 2.12. The quantitative estimate of drug-likeness (QED) is 0.618. The van der Waals surface area contributed by atoms with Gasteiger partial charge in [0.15, 0.2) is 6.67 Å². The molecule has 0 spiro atoms. The molecule has 7 nitrogen and oxygen atoms in total. The van der Waals surface area contributed by atoms with Crippen molar-refractivity contribution in [3.63, 3.8) is 0 Å². The number of hydrogen-bond donors (Lipinski definition) is 3. The molecule has 24 heavy (non-hydrogen) atoms. The molecular weight excluding hydrogens is 326 g/mol. The molecule has 2 heterocycles. The summed E-state index contributed by atoms with van der Waals surface area (Å²) in [5, 5.41) is 2.97. The maximum absolute atomic E-state index is 12.9. The summed E-state index contributed by atoms with van der Waals surface area (Å²) in [6.45, 7) is 3.40. The third kappa shape index (κ3) is 3.39. The van der Waals surface area contributed by atoms with Gasteiger partial charge < -0.3 is 0 Å². The largest absolute Gasteiger partial charge is 0.367 e. The molecule has 2 aromatic rings.